The molecule has 0 N–H and O–H groups in total. The van der Waals surface area contributed by atoms with E-state index in [1.807, 2.05) is 0 Å². The summed E-state index contributed by atoms with van der Waals surface area (Å²) in [5, 5.41) is 0. The molecular weight excluding hydrogens is 890 g/mol. The van der Waals surface area contributed by atoms with Crippen LogP contribution in [0.25, 0.3) is 0 Å². The van der Waals surface area contributed by atoms with Crippen molar-refractivity contribution in [1.82, 2.24) is 19.6 Å². The van der Waals surface area contributed by atoms with Gasteiger partial charge in [0.05, 0.1) is 0 Å². The SMILES string of the molecule is CCN(CC)c1ccc(CN2[C]N(Cc3ccc(N(CC)CC)cc3)CC2)cc1.CCN(CC)c1ccc(CN2[C]N(Cc3ccc(N(CC)CC)cc3)CC2)cc1.[Cl][Pd][Cl]. The van der Waals surface area contributed by atoms with Gasteiger partial charge in [-0.2, -0.15) is 0 Å². The zero-order valence-electron chi connectivity index (χ0n) is 38.2. The molecule has 0 atom stereocenters. The van der Waals surface area contributed by atoms with E-state index in [2.05, 4.69) is 205 Å². The Bertz CT molecular complexity index is 1470. The fourth-order valence-corrected chi connectivity index (χ4v) is 8.03. The summed E-state index contributed by atoms with van der Waals surface area (Å²) in [5.74, 6) is 0. The Labute approximate surface area is 387 Å². The molecule has 4 radical (unpaired) electrons. The monoisotopic (exact) mass is 960 g/mol. The van der Waals surface area contributed by atoms with Crippen molar-refractivity contribution in [2.24, 2.45) is 0 Å². The van der Waals surface area contributed by atoms with Gasteiger partial charge in [-0.1, -0.05) is 48.5 Å². The van der Waals surface area contributed by atoms with Crippen LogP contribution >= 0.6 is 19.1 Å². The molecule has 11 heteroatoms. The van der Waals surface area contributed by atoms with Crippen LogP contribution in [0.4, 0.5) is 22.7 Å². The van der Waals surface area contributed by atoms with E-state index < -0.39 is 0 Å². The molecule has 0 unspecified atom stereocenters. The van der Waals surface area contributed by atoms with Crippen molar-refractivity contribution in [3.63, 3.8) is 0 Å². The first kappa shape index (κ1) is 50.8. The number of nitrogens with zero attached hydrogens (tertiary/aromatic N) is 8. The van der Waals surface area contributed by atoms with Crippen LogP contribution in [0, 0.1) is 13.3 Å². The molecule has 4 aromatic carbocycles. The molecule has 2 fully saturated rings. The summed E-state index contributed by atoms with van der Waals surface area (Å²) in [4.78, 5) is 18.7. The van der Waals surface area contributed by atoms with Crippen LogP contribution in [0.3, 0.4) is 0 Å². The Balaban J connectivity index is 0.000000252. The average molecular weight is 963 g/mol. The molecule has 4 aromatic rings. The maximum absolute atomic E-state index is 4.81. The molecule has 0 amide bonds. The number of benzene rings is 4. The van der Waals surface area contributed by atoms with Gasteiger partial charge in [-0.05, 0) is 126 Å². The fraction of sp³-hybridized carbons (Fsp3) is 0.480. The van der Waals surface area contributed by atoms with Crippen molar-refractivity contribution in [2.75, 3.05) is 98.1 Å². The Hall–Kier alpha value is -2.84. The standard InChI is InChI=1S/2C25H36N4.2ClH.Pd/c2*1-5-28(6-2)24-13-9-22(10-14-24)19-26-17-18-27(21-26)20-23-11-15-25(16-12-23)29(7-3)8-4;;;/h2*9-16H,5-8,17-20H2,1-4H3;2*1H;/q;;;;+2/p-2. The summed E-state index contributed by atoms with van der Waals surface area (Å²) in [6.45, 7) is 41.0. The molecule has 0 aliphatic carbocycles. The molecule has 0 aromatic heterocycles. The second-order valence-electron chi connectivity index (χ2n) is 15.3. The van der Waals surface area contributed by atoms with Crippen LogP contribution in [0.2, 0.25) is 0 Å². The molecule has 0 bridgehead atoms. The van der Waals surface area contributed by atoms with Gasteiger partial charge in [0.2, 0.25) is 0 Å². The van der Waals surface area contributed by atoms with Gasteiger partial charge >= 0.3 is 35.0 Å². The predicted octanol–water partition coefficient (Wildman–Crippen LogP) is 10.8. The van der Waals surface area contributed by atoms with Gasteiger partial charge in [0, 0.05) is 127 Å². The number of hydrogen-bond acceptors (Lipinski definition) is 8. The summed E-state index contributed by atoms with van der Waals surface area (Å²) in [6.07, 6.45) is 0. The van der Waals surface area contributed by atoms with Crippen LogP contribution in [0.1, 0.15) is 77.6 Å². The molecule has 0 saturated carbocycles. The average Bonchev–Trinajstić information content (AvgIpc) is 3.93. The summed E-state index contributed by atoms with van der Waals surface area (Å²) < 4.78 is 0. The van der Waals surface area contributed by atoms with Gasteiger partial charge in [-0.15, -0.1) is 0 Å². The minimum atomic E-state index is -0.106. The van der Waals surface area contributed by atoms with E-state index in [0.29, 0.717) is 0 Å². The first-order valence-corrected chi connectivity index (χ1v) is 26.4. The van der Waals surface area contributed by atoms with E-state index in [0.717, 1.165) is 105 Å². The first-order chi connectivity index (χ1) is 29.7. The van der Waals surface area contributed by atoms with Crippen LogP contribution in [0.15, 0.2) is 97.1 Å². The van der Waals surface area contributed by atoms with Crippen molar-refractivity contribution in [3.8, 4) is 0 Å². The molecule has 0 spiro atoms. The Morgan fingerprint density at radius 1 is 0.361 bits per heavy atom. The fourth-order valence-electron chi connectivity index (χ4n) is 8.03. The van der Waals surface area contributed by atoms with Gasteiger partial charge in [-0.3, -0.25) is 19.6 Å². The molecule has 2 heterocycles. The van der Waals surface area contributed by atoms with E-state index >= 15 is 0 Å². The first-order valence-electron chi connectivity index (χ1n) is 22.4. The van der Waals surface area contributed by atoms with Crippen LogP contribution in [0.5, 0.6) is 0 Å². The quantitative estimate of drug-likeness (QED) is 0.0809. The molecule has 2 aliphatic rings. The molecule has 2 saturated heterocycles. The van der Waals surface area contributed by atoms with Gasteiger partial charge in [-0.25, -0.2) is 0 Å². The number of anilines is 4. The Morgan fingerprint density at radius 3 is 0.672 bits per heavy atom. The topological polar surface area (TPSA) is 25.9 Å². The van der Waals surface area contributed by atoms with E-state index in [-0.39, 0.29) is 15.9 Å². The summed E-state index contributed by atoms with van der Waals surface area (Å²) in [5.41, 5.74) is 10.6. The van der Waals surface area contributed by atoms with Crippen LogP contribution in [-0.2, 0) is 42.1 Å². The van der Waals surface area contributed by atoms with E-state index in [1.54, 1.807) is 0 Å². The second kappa shape index (κ2) is 28.1. The molecule has 336 valence electrons. The van der Waals surface area contributed by atoms with Crippen LogP contribution in [-0.4, -0.2) is 98.1 Å². The van der Waals surface area contributed by atoms with Crippen molar-refractivity contribution in [2.45, 2.75) is 81.6 Å². The van der Waals surface area contributed by atoms with Crippen molar-refractivity contribution >= 4 is 41.8 Å². The summed E-state index contributed by atoms with van der Waals surface area (Å²) in [6, 6.07) is 36.0. The number of hydrogen-bond donors (Lipinski definition) is 0. The van der Waals surface area contributed by atoms with E-state index in [4.69, 9.17) is 19.1 Å². The summed E-state index contributed by atoms with van der Waals surface area (Å²) in [7, 11) is 9.63. The van der Waals surface area contributed by atoms with E-state index in [1.165, 1.54) is 45.0 Å². The van der Waals surface area contributed by atoms with Crippen molar-refractivity contribution in [1.29, 1.82) is 0 Å². The molecule has 2 aliphatic heterocycles. The zero-order chi connectivity index (χ0) is 44.0. The Morgan fingerprint density at radius 2 is 0.525 bits per heavy atom. The summed E-state index contributed by atoms with van der Waals surface area (Å²) >= 11 is -0.106. The number of halogens is 2. The zero-order valence-corrected chi connectivity index (χ0v) is 41.3. The predicted molar refractivity (Wildman–Crippen MR) is 260 cm³/mol. The number of rotatable bonds is 20. The van der Waals surface area contributed by atoms with Gasteiger partial charge < -0.3 is 19.6 Å². The van der Waals surface area contributed by atoms with Crippen molar-refractivity contribution in [3.05, 3.63) is 133 Å². The molecular formula is C50H72Cl2N8Pd. The van der Waals surface area contributed by atoms with Crippen LogP contribution < -0.4 is 19.6 Å². The maximum atomic E-state index is 4.81. The van der Waals surface area contributed by atoms with E-state index in [9.17, 15) is 0 Å². The van der Waals surface area contributed by atoms with Crippen molar-refractivity contribution < 1.29 is 15.9 Å². The molecule has 8 nitrogen and oxygen atoms in total. The second-order valence-corrected chi connectivity index (χ2v) is 17.6. The minimum absolute atomic E-state index is 0.106. The third kappa shape index (κ3) is 16.3. The van der Waals surface area contributed by atoms with Gasteiger partial charge in [0.25, 0.3) is 0 Å². The third-order valence-corrected chi connectivity index (χ3v) is 11.6. The van der Waals surface area contributed by atoms with Gasteiger partial charge in [0.1, 0.15) is 13.3 Å². The molecule has 6 rings (SSSR count). The molecule has 61 heavy (non-hydrogen) atoms. The van der Waals surface area contributed by atoms with Gasteiger partial charge in [0.15, 0.2) is 0 Å². The normalized spacial score (nSPS) is 14.7. The Kier molecular flexibility index (Phi) is 23.4. The third-order valence-electron chi connectivity index (χ3n) is 11.6.